The third-order valence-electron chi connectivity index (χ3n) is 9.02. The minimum atomic E-state index is -2.05. The zero-order chi connectivity index (χ0) is 40.6. The van der Waals surface area contributed by atoms with Crippen LogP contribution in [0.3, 0.4) is 0 Å². The van der Waals surface area contributed by atoms with Gasteiger partial charge in [-0.05, 0) is 42.0 Å². The van der Waals surface area contributed by atoms with Gasteiger partial charge >= 0.3 is 5.97 Å². The molecule has 20 nitrogen and oxygen atoms in total. The van der Waals surface area contributed by atoms with Crippen LogP contribution in [0.5, 0.6) is 40.2 Å². The van der Waals surface area contributed by atoms with Gasteiger partial charge in [-0.1, -0.05) is 6.07 Å². The molecule has 300 valence electrons. The molecular weight excluding hydrogens is 752 g/mol. The molecule has 4 aromatic rings. The summed E-state index contributed by atoms with van der Waals surface area (Å²) >= 11 is 0. The third kappa shape index (κ3) is 8.00. The minimum Gasteiger partial charge on any atom is -0.504 e. The highest BCUT2D eigenvalue weighted by molar-refractivity contribution is 5.89. The molecule has 3 heterocycles. The Labute approximate surface area is 313 Å². The van der Waals surface area contributed by atoms with Crippen molar-refractivity contribution in [1.82, 2.24) is 0 Å². The number of phenolic OH excluding ortho intramolecular Hbond substituents is 6. The van der Waals surface area contributed by atoms with E-state index in [0.717, 1.165) is 36.4 Å². The van der Waals surface area contributed by atoms with Crippen molar-refractivity contribution in [2.45, 2.75) is 61.4 Å². The maximum Gasteiger partial charge on any atom is 0.330 e. The summed E-state index contributed by atoms with van der Waals surface area (Å²) in [7, 11) is 0. The number of aliphatic hydroxyl groups excluding tert-OH is 6. The van der Waals surface area contributed by atoms with Crippen LogP contribution < -0.4 is 10.2 Å². The molecule has 3 aromatic carbocycles. The molecule has 0 saturated carbocycles. The Hall–Kier alpha value is -5.68. The Balaban J connectivity index is 1.24. The van der Waals surface area contributed by atoms with E-state index in [-0.39, 0.29) is 22.7 Å². The van der Waals surface area contributed by atoms with E-state index in [9.17, 15) is 70.9 Å². The number of benzene rings is 3. The van der Waals surface area contributed by atoms with Crippen molar-refractivity contribution in [3.8, 4) is 51.6 Å². The standard InChI is InChI=1S/C36H36O20/c37-11-23-28(45)32(49)34(56-35-33(50)31(48)29(46)24(55-35)12-51-25(43)6-2-13-1-4-15(38)17(40)7-13)36(54-23)53-22-10-21-26(30(47)27(22)44)19(42)9-20(52-21)14-3-5-16(39)18(41)8-14/h1-10,23-24,28-29,31-41,44-50H,11-12H2/t23-,24-,28-,29-,31+,32+,33-,34-,35+,36-/m1/s1. The van der Waals surface area contributed by atoms with Gasteiger partial charge in [-0.25, -0.2) is 4.79 Å². The van der Waals surface area contributed by atoms with E-state index in [0.29, 0.717) is 5.56 Å². The molecule has 2 saturated heterocycles. The van der Waals surface area contributed by atoms with Crippen molar-refractivity contribution in [3.05, 3.63) is 70.4 Å². The summed E-state index contributed by atoms with van der Waals surface area (Å²) in [6.07, 6.45) is -16.6. The van der Waals surface area contributed by atoms with Crippen molar-refractivity contribution in [2.24, 2.45) is 0 Å². The topological polar surface area (TPSA) is 336 Å². The number of hydrogen-bond acceptors (Lipinski definition) is 20. The quantitative estimate of drug-likeness (QED) is 0.0519. The first kappa shape index (κ1) is 40.0. The molecule has 2 aliphatic heterocycles. The fourth-order valence-electron chi connectivity index (χ4n) is 5.94. The van der Waals surface area contributed by atoms with Gasteiger partial charge in [0.05, 0.1) is 6.61 Å². The Morgan fingerprint density at radius 1 is 0.714 bits per heavy atom. The lowest BCUT2D eigenvalue weighted by molar-refractivity contribution is -0.358. The van der Waals surface area contributed by atoms with Crippen LogP contribution in [-0.4, -0.2) is 142 Å². The van der Waals surface area contributed by atoms with E-state index >= 15 is 0 Å². The highest BCUT2D eigenvalue weighted by Crippen LogP contribution is 2.43. The molecule has 56 heavy (non-hydrogen) atoms. The number of ether oxygens (including phenoxy) is 5. The summed E-state index contributed by atoms with van der Waals surface area (Å²) < 4.78 is 33.5. The maximum absolute atomic E-state index is 13.0. The highest BCUT2D eigenvalue weighted by Gasteiger charge is 2.52. The number of aliphatic hydroxyl groups is 6. The SMILES string of the molecule is O=C(C=Cc1ccc(O)c(O)c1)OC[C@H]1O[C@@H](O[C@H]2[C@H](Oc3cc4oc(-c5ccc(O)c(O)c5)cc(=O)c4c(O)c3O)O[C@H](CO)[C@@H](O)[C@@H]2O)[C@H](O)[C@@H](O)[C@@H]1O. The van der Waals surface area contributed by atoms with Crippen LogP contribution in [0, 0.1) is 0 Å². The van der Waals surface area contributed by atoms with Gasteiger partial charge in [0.25, 0.3) is 0 Å². The van der Waals surface area contributed by atoms with Crippen LogP contribution in [0.25, 0.3) is 28.4 Å². The number of carbonyl (C=O) groups excluding carboxylic acids is 1. The number of phenols is 6. The Bertz CT molecular complexity index is 2170. The number of carbonyl (C=O) groups is 1. The zero-order valence-electron chi connectivity index (χ0n) is 28.6. The molecule has 2 fully saturated rings. The number of esters is 1. The van der Waals surface area contributed by atoms with E-state index < -0.39 is 126 Å². The Morgan fingerprint density at radius 2 is 1.38 bits per heavy atom. The summed E-state index contributed by atoms with van der Waals surface area (Å²) in [5.41, 5.74) is -0.792. The van der Waals surface area contributed by atoms with Crippen molar-refractivity contribution in [2.75, 3.05) is 13.2 Å². The smallest absolute Gasteiger partial charge is 0.330 e. The predicted molar refractivity (Wildman–Crippen MR) is 184 cm³/mol. The summed E-state index contributed by atoms with van der Waals surface area (Å²) in [6, 6.07) is 9.15. The number of fused-ring (bicyclic) bond motifs is 1. The molecule has 1 aromatic heterocycles. The highest BCUT2D eigenvalue weighted by atomic mass is 16.8. The lowest BCUT2D eigenvalue weighted by Gasteiger charge is -2.45. The molecule has 10 atom stereocenters. The van der Waals surface area contributed by atoms with Gasteiger partial charge in [0.15, 0.2) is 52.3 Å². The second-order valence-corrected chi connectivity index (χ2v) is 12.8. The average molecular weight is 789 g/mol. The first-order chi connectivity index (χ1) is 26.6. The van der Waals surface area contributed by atoms with E-state index in [1.807, 2.05) is 0 Å². The molecule has 12 N–H and O–H groups in total. The molecule has 20 heteroatoms. The van der Waals surface area contributed by atoms with Gasteiger partial charge < -0.3 is 89.4 Å². The molecule has 0 bridgehead atoms. The van der Waals surface area contributed by atoms with Gasteiger partial charge in [-0.3, -0.25) is 4.79 Å². The maximum atomic E-state index is 13.0. The number of aromatic hydroxyl groups is 6. The van der Waals surface area contributed by atoms with E-state index in [1.165, 1.54) is 24.3 Å². The van der Waals surface area contributed by atoms with Gasteiger partial charge in [-0.15, -0.1) is 0 Å². The third-order valence-corrected chi connectivity index (χ3v) is 9.02. The average Bonchev–Trinajstić information content (AvgIpc) is 3.17. The van der Waals surface area contributed by atoms with Crippen LogP contribution in [0.2, 0.25) is 0 Å². The Kier molecular flexibility index (Phi) is 11.6. The van der Waals surface area contributed by atoms with Crippen LogP contribution in [0.4, 0.5) is 0 Å². The lowest BCUT2D eigenvalue weighted by Crippen LogP contribution is -2.65. The summed E-state index contributed by atoms with van der Waals surface area (Å²) in [5.74, 6) is -5.66. The van der Waals surface area contributed by atoms with Gasteiger partial charge in [-0.2, -0.15) is 0 Å². The van der Waals surface area contributed by atoms with Crippen molar-refractivity contribution in [3.63, 3.8) is 0 Å². The monoisotopic (exact) mass is 788 g/mol. The Morgan fingerprint density at radius 3 is 2.05 bits per heavy atom. The van der Waals surface area contributed by atoms with E-state index in [4.69, 9.17) is 28.1 Å². The minimum absolute atomic E-state index is 0.124. The largest absolute Gasteiger partial charge is 0.504 e. The van der Waals surface area contributed by atoms with Gasteiger partial charge in [0, 0.05) is 23.8 Å². The van der Waals surface area contributed by atoms with Crippen molar-refractivity contribution in [1.29, 1.82) is 0 Å². The van der Waals surface area contributed by atoms with Crippen LogP contribution >= 0.6 is 0 Å². The first-order valence-electron chi connectivity index (χ1n) is 16.6. The molecule has 0 spiro atoms. The summed E-state index contributed by atoms with van der Waals surface area (Å²) in [6.45, 7) is -1.62. The van der Waals surface area contributed by atoms with Crippen LogP contribution in [-0.2, 0) is 23.7 Å². The molecule has 6 rings (SSSR count). The normalized spacial score (nSPS) is 28.0. The number of rotatable bonds is 10. The molecule has 0 amide bonds. The fourth-order valence-corrected chi connectivity index (χ4v) is 5.94. The summed E-state index contributed by atoms with van der Waals surface area (Å²) in [5, 5.41) is 123. The first-order valence-corrected chi connectivity index (χ1v) is 16.6. The van der Waals surface area contributed by atoms with Gasteiger partial charge in [0.1, 0.15) is 66.1 Å². The molecular formula is C36H36O20. The molecule has 0 unspecified atom stereocenters. The van der Waals surface area contributed by atoms with Crippen molar-refractivity contribution >= 4 is 23.0 Å². The predicted octanol–water partition coefficient (Wildman–Crippen LogP) is -1.04. The summed E-state index contributed by atoms with van der Waals surface area (Å²) in [4.78, 5) is 25.4. The second kappa shape index (κ2) is 16.2. The molecule has 0 radical (unpaired) electrons. The fraction of sp³-hybridized carbons (Fsp3) is 0.333. The zero-order valence-corrected chi connectivity index (χ0v) is 28.6. The number of hydrogen-bond donors (Lipinski definition) is 12. The second-order valence-electron chi connectivity index (χ2n) is 12.8. The van der Waals surface area contributed by atoms with Gasteiger partial charge in [0.2, 0.25) is 12.0 Å². The van der Waals surface area contributed by atoms with E-state index in [2.05, 4.69) is 0 Å². The van der Waals surface area contributed by atoms with Crippen LogP contribution in [0.15, 0.2) is 63.8 Å². The van der Waals surface area contributed by atoms with Crippen molar-refractivity contribution < 1.29 is 94.2 Å². The molecule has 2 aliphatic rings. The molecule has 0 aliphatic carbocycles. The van der Waals surface area contributed by atoms with Crippen LogP contribution in [0.1, 0.15) is 5.56 Å². The lowest BCUT2D eigenvalue weighted by atomic mass is 9.97. The van der Waals surface area contributed by atoms with E-state index in [1.54, 1.807) is 0 Å².